The number of nitrogens with one attached hydrogen (secondary N) is 1. The lowest BCUT2D eigenvalue weighted by Crippen LogP contribution is -2.29. The molecule has 0 saturated heterocycles. The Kier molecular flexibility index (Phi) is 3.36. The van der Waals surface area contributed by atoms with Crippen molar-refractivity contribution in [2.75, 3.05) is 7.11 Å². The van der Waals surface area contributed by atoms with Gasteiger partial charge in [0.1, 0.15) is 5.75 Å². The van der Waals surface area contributed by atoms with E-state index in [0.29, 0.717) is 5.75 Å². The lowest BCUT2D eigenvalue weighted by molar-refractivity contribution is 0.401. The van der Waals surface area contributed by atoms with Crippen molar-refractivity contribution in [1.82, 2.24) is 20.2 Å². The molecule has 2 rings (SSSR count). The van der Waals surface area contributed by atoms with Crippen molar-refractivity contribution in [2.24, 2.45) is 12.9 Å². The highest BCUT2D eigenvalue weighted by atomic mass is 16.5. The second kappa shape index (κ2) is 4.94. The number of nitrogens with zero attached hydrogens (tertiary/aromatic N) is 3. The van der Waals surface area contributed by atoms with E-state index in [1.54, 1.807) is 24.2 Å². The standard InChI is InChI=1S/C11H15N5O/c1-16-6-4-9(15-16)11(14-12)8-3-5-13-7-10(8)17-2/h3-7,11,14H,12H2,1-2H3. The third kappa shape index (κ3) is 2.27. The molecule has 2 heterocycles. The maximum absolute atomic E-state index is 5.59. The van der Waals surface area contributed by atoms with Crippen LogP contribution in [0.3, 0.4) is 0 Å². The van der Waals surface area contributed by atoms with Crippen molar-refractivity contribution >= 4 is 0 Å². The van der Waals surface area contributed by atoms with Gasteiger partial charge < -0.3 is 4.74 Å². The van der Waals surface area contributed by atoms with Crippen LogP contribution in [0.2, 0.25) is 0 Å². The average molecular weight is 233 g/mol. The number of aryl methyl sites for hydroxylation is 1. The normalized spacial score (nSPS) is 12.4. The van der Waals surface area contributed by atoms with Crippen LogP contribution in [0, 0.1) is 0 Å². The zero-order chi connectivity index (χ0) is 12.3. The van der Waals surface area contributed by atoms with Crippen LogP contribution >= 0.6 is 0 Å². The van der Waals surface area contributed by atoms with Crippen LogP contribution in [0.1, 0.15) is 17.3 Å². The predicted octanol–water partition coefficient (Wildman–Crippen LogP) is 0.376. The summed E-state index contributed by atoms with van der Waals surface area (Å²) in [5.41, 5.74) is 4.48. The molecule has 1 unspecified atom stereocenters. The van der Waals surface area contributed by atoms with E-state index in [2.05, 4.69) is 15.5 Å². The molecule has 90 valence electrons. The number of rotatable bonds is 4. The first kappa shape index (κ1) is 11.6. The summed E-state index contributed by atoms with van der Waals surface area (Å²) < 4.78 is 6.99. The van der Waals surface area contributed by atoms with Gasteiger partial charge in [-0.15, -0.1) is 0 Å². The number of pyridine rings is 1. The predicted molar refractivity (Wildman–Crippen MR) is 63.2 cm³/mol. The molecule has 0 aliphatic carbocycles. The molecule has 6 nitrogen and oxygen atoms in total. The molecule has 0 saturated carbocycles. The summed E-state index contributed by atoms with van der Waals surface area (Å²) in [6.45, 7) is 0. The molecule has 2 aromatic heterocycles. The molecule has 0 aliphatic rings. The molecular formula is C11H15N5O. The fourth-order valence-electron chi connectivity index (χ4n) is 1.72. The maximum Gasteiger partial charge on any atom is 0.142 e. The van der Waals surface area contributed by atoms with E-state index in [1.807, 2.05) is 25.4 Å². The Morgan fingerprint density at radius 2 is 2.29 bits per heavy atom. The van der Waals surface area contributed by atoms with Crippen LogP contribution in [-0.2, 0) is 7.05 Å². The van der Waals surface area contributed by atoms with Crippen molar-refractivity contribution in [2.45, 2.75) is 6.04 Å². The first-order valence-corrected chi connectivity index (χ1v) is 5.20. The van der Waals surface area contributed by atoms with Crippen LogP contribution in [0.5, 0.6) is 5.75 Å². The number of ether oxygens (including phenoxy) is 1. The van der Waals surface area contributed by atoms with Gasteiger partial charge in [-0.25, -0.2) is 5.43 Å². The van der Waals surface area contributed by atoms with E-state index in [4.69, 9.17) is 10.6 Å². The van der Waals surface area contributed by atoms with Gasteiger partial charge in [0.15, 0.2) is 0 Å². The molecular weight excluding hydrogens is 218 g/mol. The molecule has 17 heavy (non-hydrogen) atoms. The Bertz CT molecular complexity index is 496. The monoisotopic (exact) mass is 233 g/mol. The van der Waals surface area contributed by atoms with Gasteiger partial charge in [-0.05, 0) is 12.1 Å². The van der Waals surface area contributed by atoms with Gasteiger partial charge in [0.2, 0.25) is 0 Å². The largest absolute Gasteiger partial charge is 0.495 e. The molecule has 0 radical (unpaired) electrons. The van der Waals surface area contributed by atoms with Gasteiger partial charge >= 0.3 is 0 Å². The van der Waals surface area contributed by atoms with E-state index in [0.717, 1.165) is 11.3 Å². The summed E-state index contributed by atoms with van der Waals surface area (Å²) in [5.74, 6) is 6.28. The minimum atomic E-state index is -0.214. The van der Waals surface area contributed by atoms with E-state index >= 15 is 0 Å². The summed E-state index contributed by atoms with van der Waals surface area (Å²) in [5, 5.41) is 4.33. The van der Waals surface area contributed by atoms with Crippen LogP contribution in [0.15, 0.2) is 30.7 Å². The maximum atomic E-state index is 5.59. The number of nitrogens with two attached hydrogens (primary N) is 1. The second-order valence-corrected chi connectivity index (χ2v) is 3.63. The molecule has 0 spiro atoms. The third-order valence-corrected chi connectivity index (χ3v) is 2.54. The van der Waals surface area contributed by atoms with Crippen molar-refractivity contribution in [3.63, 3.8) is 0 Å². The molecule has 0 amide bonds. The van der Waals surface area contributed by atoms with E-state index in [9.17, 15) is 0 Å². The van der Waals surface area contributed by atoms with Crippen molar-refractivity contribution < 1.29 is 4.74 Å². The van der Waals surface area contributed by atoms with Crippen LogP contribution in [0.4, 0.5) is 0 Å². The van der Waals surface area contributed by atoms with Gasteiger partial charge in [0.25, 0.3) is 0 Å². The number of hydrogen-bond acceptors (Lipinski definition) is 5. The van der Waals surface area contributed by atoms with Gasteiger partial charge in [0, 0.05) is 25.0 Å². The molecule has 0 bridgehead atoms. The SMILES string of the molecule is COc1cnccc1C(NN)c1ccn(C)n1. The Morgan fingerprint density at radius 3 is 2.88 bits per heavy atom. The first-order chi connectivity index (χ1) is 8.26. The lowest BCUT2D eigenvalue weighted by Gasteiger charge is -2.16. The van der Waals surface area contributed by atoms with E-state index in [1.165, 1.54) is 0 Å². The number of methoxy groups -OCH3 is 1. The molecule has 0 aromatic carbocycles. The fraction of sp³-hybridized carbons (Fsp3) is 0.273. The Balaban J connectivity index is 2.41. The Morgan fingerprint density at radius 1 is 1.47 bits per heavy atom. The number of hydrazine groups is 1. The smallest absolute Gasteiger partial charge is 0.142 e. The van der Waals surface area contributed by atoms with Crippen molar-refractivity contribution in [3.05, 3.63) is 42.0 Å². The highest BCUT2D eigenvalue weighted by Crippen LogP contribution is 2.27. The van der Waals surface area contributed by atoms with Gasteiger partial charge in [0.05, 0.1) is 25.0 Å². The fourth-order valence-corrected chi connectivity index (χ4v) is 1.72. The van der Waals surface area contributed by atoms with Crippen LogP contribution < -0.4 is 16.0 Å². The third-order valence-electron chi connectivity index (χ3n) is 2.54. The zero-order valence-corrected chi connectivity index (χ0v) is 9.79. The summed E-state index contributed by atoms with van der Waals surface area (Å²) in [6.07, 6.45) is 5.22. The molecule has 2 aromatic rings. The van der Waals surface area contributed by atoms with Gasteiger partial charge in [-0.2, -0.15) is 5.10 Å². The minimum absolute atomic E-state index is 0.214. The summed E-state index contributed by atoms with van der Waals surface area (Å²) in [4.78, 5) is 4.01. The van der Waals surface area contributed by atoms with Crippen molar-refractivity contribution in [1.29, 1.82) is 0 Å². The van der Waals surface area contributed by atoms with Gasteiger partial charge in [-0.3, -0.25) is 15.5 Å². The average Bonchev–Trinajstić information content (AvgIpc) is 2.77. The summed E-state index contributed by atoms with van der Waals surface area (Å²) in [6, 6.07) is 3.55. The highest BCUT2D eigenvalue weighted by molar-refractivity contribution is 5.37. The van der Waals surface area contributed by atoms with E-state index < -0.39 is 0 Å². The quantitative estimate of drug-likeness (QED) is 0.589. The molecule has 0 fully saturated rings. The van der Waals surface area contributed by atoms with E-state index in [-0.39, 0.29) is 6.04 Å². The van der Waals surface area contributed by atoms with Gasteiger partial charge in [-0.1, -0.05) is 0 Å². The summed E-state index contributed by atoms with van der Waals surface area (Å²) in [7, 11) is 3.47. The minimum Gasteiger partial charge on any atom is -0.495 e. The highest BCUT2D eigenvalue weighted by Gasteiger charge is 2.18. The summed E-state index contributed by atoms with van der Waals surface area (Å²) >= 11 is 0. The molecule has 3 N–H and O–H groups in total. The molecule has 0 aliphatic heterocycles. The van der Waals surface area contributed by atoms with Crippen LogP contribution in [0.25, 0.3) is 0 Å². The van der Waals surface area contributed by atoms with Crippen molar-refractivity contribution in [3.8, 4) is 5.75 Å². The molecule has 1 atom stereocenters. The second-order valence-electron chi connectivity index (χ2n) is 3.63. The topological polar surface area (TPSA) is 78.0 Å². The first-order valence-electron chi connectivity index (χ1n) is 5.20. The zero-order valence-electron chi connectivity index (χ0n) is 9.79. The number of aromatic nitrogens is 3. The molecule has 6 heteroatoms. The number of hydrogen-bond donors (Lipinski definition) is 2. The lowest BCUT2D eigenvalue weighted by atomic mass is 10.1. The Labute approximate surface area is 99.4 Å². The Hall–Kier alpha value is -1.92. The van der Waals surface area contributed by atoms with Crippen LogP contribution in [-0.4, -0.2) is 21.9 Å².